The lowest BCUT2D eigenvalue weighted by atomic mass is 10.3. The lowest BCUT2D eigenvalue weighted by Crippen LogP contribution is -1.88. The molecule has 0 aliphatic rings. The van der Waals surface area contributed by atoms with E-state index in [4.69, 9.17) is 0 Å². The minimum absolute atomic E-state index is 0.239. The van der Waals surface area contributed by atoms with Gasteiger partial charge >= 0.3 is 0 Å². The van der Waals surface area contributed by atoms with Crippen molar-refractivity contribution in [2.75, 3.05) is 0 Å². The van der Waals surface area contributed by atoms with Crippen molar-refractivity contribution < 1.29 is 8.78 Å². The molecule has 0 amide bonds. The maximum atomic E-state index is 13.4. The van der Waals surface area contributed by atoms with Crippen molar-refractivity contribution in [3.05, 3.63) is 52.1 Å². The molecule has 0 saturated carbocycles. The first-order valence-electron chi connectivity index (χ1n) is 4.81. The summed E-state index contributed by atoms with van der Waals surface area (Å²) in [7, 11) is 0. The Morgan fingerprint density at radius 1 is 1.24 bits per heavy atom. The number of rotatable bonds is 2. The van der Waals surface area contributed by atoms with Crippen molar-refractivity contribution in [3.8, 4) is 0 Å². The Hall–Kier alpha value is -0.940. The van der Waals surface area contributed by atoms with E-state index in [1.54, 1.807) is 6.20 Å². The predicted octanol–water partition coefficient (Wildman–Crippen LogP) is 4.58. The molecular formula is C12H8BrF2NS. The van der Waals surface area contributed by atoms with Crippen molar-refractivity contribution in [2.24, 2.45) is 0 Å². The molecule has 0 saturated heterocycles. The van der Waals surface area contributed by atoms with Crippen molar-refractivity contribution in [1.82, 2.24) is 4.98 Å². The van der Waals surface area contributed by atoms with Crippen LogP contribution in [-0.4, -0.2) is 4.98 Å². The minimum atomic E-state index is -0.455. The van der Waals surface area contributed by atoms with Gasteiger partial charge in [-0.15, -0.1) is 0 Å². The summed E-state index contributed by atoms with van der Waals surface area (Å²) in [6.07, 6.45) is 1.63. The Morgan fingerprint density at radius 3 is 2.71 bits per heavy atom. The van der Waals surface area contributed by atoms with Crippen molar-refractivity contribution in [2.45, 2.75) is 16.8 Å². The average Bonchev–Trinajstić information content (AvgIpc) is 2.27. The van der Waals surface area contributed by atoms with Crippen LogP contribution < -0.4 is 0 Å². The largest absolute Gasteiger partial charge is 0.248 e. The fraction of sp³-hybridized carbons (Fsp3) is 0.0833. The topological polar surface area (TPSA) is 12.9 Å². The van der Waals surface area contributed by atoms with Crippen LogP contribution in [0.3, 0.4) is 0 Å². The van der Waals surface area contributed by atoms with Gasteiger partial charge < -0.3 is 0 Å². The summed E-state index contributed by atoms with van der Waals surface area (Å²) >= 11 is 4.42. The van der Waals surface area contributed by atoms with Crippen molar-refractivity contribution in [1.29, 1.82) is 0 Å². The highest BCUT2D eigenvalue weighted by atomic mass is 79.9. The van der Waals surface area contributed by atoms with Crippen molar-refractivity contribution >= 4 is 27.7 Å². The number of aromatic nitrogens is 1. The van der Waals surface area contributed by atoms with Gasteiger partial charge in [0.15, 0.2) is 0 Å². The fourth-order valence-electron chi connectivity index (χ4n) is 1.29. The number of aryl methyl sites for hydroxylation is 1. The van der Waals surface area contributed by atoms with Crippen LogP contribution in [0.2, 0.25) is 0 Å². The Labute approximate surface area is 110 Å². The number of benzene rings is 1. The van der Waals surface area contributed by atoms with Crippen LogP contribution in [0, 0.1) is 18.6 Å². The third kappa shape index (κ3) is 3.04. The first kappa shape index (κ1) is 12.5. The van der Waals surface area contributed by atoms with E-state index in [0.29, 0.717) is 5.03 Å². The second-order valence-corrected chi connectivity index (χ2v) is 5.40. The molecule has 1 nitrogen and oxygen atoms in total. The molecule has 1 aromatic heterocycles. The highest BCUT2D eigenvalue weighted by molar-refractivity contribution is 9.10. The Bertz CT molecular complexity index is 560. The number of halogens is 3. The third-order valence-corrected chi connectivity index (χ3v) is 3.68. The molecule has 0 aliphatic carbocycles. The van der Waals surface area contributed by atoms with Gasteiger partial charge in [0.2, 0.25) is 0 Å². The van der Waals surface area contributed by atoms with E-state index >= 15 is 0 Å². The van der Waals surface area contributed by atoms with Crippen LogP contribution in [0.1, 0.15) is 5.56 Å². The molecule has 2 rings (SSSR count). The summed E-state index contributed by atoms with van der Waals surface area (Å²) in [6.45, 7) is 1.87. The van der Waals surface area contributed by atoms with E-state index in [1.165, 1.54) is 6.07 Å². The first-order valence-corrected chi connectivity index (χ1v) is 6.42. The fourth-order valence-corrected chi connectivity index (χ4v) is 2.61. The zero-order valence-electron chi connectivity index (χ0n) is 8.88. The van der Waals surface area contributed by atoms with Gasteiger partial charge in [-0.05, 0) is 52.7 Å². The second-order valence-electron chi connectivity index (χ2n) is 3.45. The van der Waals surface area contributed by atoms with Crippen LogP contribution in [0.4, 0.5) is 8.78 Å². The molecule has 17 heavy (non-hydrogen) atoms. The quantitative estimate of drug-likeness (QED) is 0.804. The summed E-state index contributed by atoms with van der Waals surface area (Å²) in [6, 6.07) is 5.27. The molecule has 0 N–H and O–H groups in total. The highest BCUT2D eigenvalue weighted by Crippen LogP contribution is 2.31. The van der Waals surface area contributed by atoms with E-state index in [-0.39, 0.29) is 4.90 Å². The van der Waals surface area contributed by atoms with E-state index in [1.807, 2.05) is 13.0 Å². The van der Waals surface area contributed by atoms with E-state index in [9.17, 15) is 8.78 Å². The summed E-state index contributed by atoms with van der Waals surface area (Å²) in [5.41, 5.74) is 0.910. The molecule has 1 heterocycles. The smallest absolute Gasteiger partial charge is 0.137 e. The van der Waals surface area contributed by atoms with E-state index < -0.39 is 11.6 Å². The molecule has 88 valence electrons. The van der Waals surface area contributed by atoms with Gasteiger partial charge in [0.1, 0.15) is 16.7 Å². The van der Waals surface area contributed by atoms with Crippen LogP contribution in [0.15, 0.2) is 44.9 Å². The van der Waals surface area contributed by atoms with Crippen LogP contribution >= 0.6 is 27.7 Å². The summed E-state index contributed by atoms with van der Waals surface area (Å²) in [5, 5.41) is 0.665. The molecular weight excluding hydrogens is 308 g/mol. The zero-order valence-corrected chi connectivity index (χ0v) is 11.3. The monoisotopic (exact) mass is 315 g/mol. The third-order valence-electron chi connectivity index (χ3n) is 2.10. The highest BCUT2D eigenvalue weighted by Gasteiger charge is 2.09. The maximum absolute atomic E-state index is 13.4. The van der Waals surface area contributed by atoms with E-state index in [0.717, 1.165) is 33.9 Å². The lowest BCUT2D eigenvalue weighted by molar-refractivity contribution is 0.577. The van der Waals surface area contributed by atoms with Gasteiger partial charge in [-0.1, -0.05) is 11.8 Å². The summed E-state index contributed by atoms with van der Waals surface area (Å²) in [4.78, 5) is 4.41. The molecule has 0 atom stereocenters. The minimum Gasteiger partial charge on any atom is -0.248 e. The molecule has 0 aliphatic heterocycles. The maximum Gasteiger partial charge on any atom is 0.137 e. The molecule has 0 fully saturated rings. The molecule has 0 radical (unpaired) electrons. The second kappa shape index (κ2) is 5.14. The van der Waals surface area contributed by atoms with Gasteiger partial charge in [0.25, 0.3) is 0 Å². The van der Waals surface area contributed by atoms with Gasteiger partial charge in [0, 0.05) is 10.7 Å². The van der Waals surface area contributed by atoms with Gasteiger partial charge in [-0.2, -0.15) is 0 Å². The Kier molecular flexibility index (Phi) is 3.79. The average molecular weight is 316 g/mol. The Balaban J connectivity index is 2.34. The Morgan fingerprint density at radius 2 is 2.00 bits per heavy atom. The molecule has 0 spiro atoms. The molecule has 2 aromatic rings. The van der Waals surface area contributed by atoms with Gasteiger partial charge in [-0.3, -0.25) is 0 Å². The molecule has 0 unspecified atom stereocenters. The van der Waals surface area contributed by atoms with Crippen molar-refractivity contribution in [3.63, 3.8) is 0 Å². The normalized spacial score (nSPS) is 10.6. The van der Waals surface area contributed by atoms with E-state index in [2.05, 4.69) is 20.9 Å². The SMILES string of the molecule is Cc1cc(Br)cnc1Sc1cc(F)ccc1F. The number of nitrogens with zero attached hydrogens (tertiary/aromatic N) is 1. The predicted molar refractivity (Wildman–Crippen MR) is 67.2 cm³/mol. The molecule has 0 bridgehead atoms. The summed E-state index contributed by atoms with van der Waals surface area (Å²) < 4.78 is 27.3. The number of hydrogen-bond donors (Lipinski definition) is 0. The first-order chi connectivity index (χ1) is 8.06. The summed E-state index contributed by atoms with van der Waals surface area (Å²) in [5.74, 6) is -0.899. The lowest BCUT2D eigenvalue weighted by Gasteiger charge is -2.05. The number of pyridine rings is 1. The standard InChI is InChI=1S/C12H8BrF2NS/c1-7-4-8(13)6-16-12(7)17-11-5-9(14)2-3-10(11)15/h2-6H,1H3. The van der Waals surface area contributed by atoms with Gasteiger partial charge in [0.05, 0.1) is 4.90 Å². The number of hydrogen-bond acceptors (Lipinski definition) is 2. The van der Waals surface area contributed by atoms with Crippen LogP contribution in [0.5, 0.6) is 0 Å². The van der Waals surface area contributed by atoms with Gasteiger partial charge in [-0.25, -0.2) is 13.8 Å². The van der Waals surface area contributed by atoms with Crippen LogP contribution in [0.25, 0.3) is 0 Å². The zero-order chi connectivity index (χ0) is 12.4. The van der Waals surface area contributed by atoms with Crippen LogP contribution in [-0.2, 0) is 0 Å². The molecule has 5 heteroatoms. The molecule has 1 aromatic carbocycles.